The smallest absolute Gasteiger partial charge is 0.306 e. The number of hydrogen-bond acceptors (Lipinski definition) is 7. The normalized spacial score (nSPS) is 13.6. The molecular formula is C56H110NO7P. The highest BCUT2D eigenvalue weighted by Gasteiger charge is 2.20. The molecule has 0 aliphatic heterocycles. The SMILES string of the molecule is CCCCCC/C=C\C/C=C\CCCCCCCCCCOCC(COP(=O)([O-])OCC[N+](C)(C)C)OC(=O)CCCCCCCCCCCCCCCCCCCCCCCCCC. The van der Waals surface area contributed by atoms with E-state index in [0.29, 0.717) is 24.1 Å². The first-order valence-electron chi connectivity index (χ1n) is 28.1. The third kappa shape index (κ3) is 53.8. The zero-order chi connectivity index (χ0) is 47.6. The summed E-state index contributed by atoms with van der Waals surface area (Å²) in [5.41, 5.74) is 0. The van der Waals surface area contributed by atoms with Gasteiger partial charge in [-0.25, -0.2) is 0 Å². The molecule has 0 heterocycles. The van der Waals surface area contributed by atoms with Gasteiger partial charge in [0.2, 0.25) is 0 Å². The standard InChI is InChI=1S/C56H110NO7P/c1-6-8-10-12-14-16-18-20-22-24-26-27-28-29-30-31-33-35-37-39-41-43-45-47-49-56(58)64-55(54-63-65(59,60)62-52-50-57(3,4)5)53-61-51-48-46-44-42-40-38-36-34-32-25-23-21-19-17-15-13-11-9-7-2/h17,19,23,25,55H,6-16,18,20-22,24,26-54H2,1-5H3/b19-17-,25-23-. The minimum atomic E-state index is -4.53. The van der Waals surface area contributed by atoms with Crippen molar-refractivity contribution >= 4 is 13.8 Å². The number of rotatable bonds is 53. The molecule has 0 amide bonds. The summed E-state index contributed by atoms with van der Waals surface area (Å²) in [5.74, 6) is -0.329. The van der Waals surface area contributed by atoms with Gasteiger partial charge in [0.15, 0.2) is 0 Å². The molecule has 0 saturated heterocycles. The third-order valence-electron chi connectivity index (χ3n) is 12.5. The van der Waals surface area contributed by atoms with Gasteiger partial charge in [-0.3, -0.25) is 9.36 Å². The van der Waals surface area contributed by atoms with Crippen molar-refractivity contribution < 1.29 is 37.3 Å². The Balaban J connectivity index is 4.05. The molecule has 0 aromatic rings. The van der Waals surface area contributed by atoms with Crippen LogP contribution in [0.25, 0.3) is 0 Å². The van der Waals surface area contributed by atoms with Crippen LogP contribution in [0.1, 0.15) is 271 Å². The van der Waals surface area contributed by atoms with Crippen LogP contribution in [0.3, 0.4) is 0 Å². The van der Waals surface area contributed by atoms with Crippen LogP contribution in [0.15, 0.2) is 24.3 Å². The maximum absolute atomic E-state index is 12.8. The van der Waals surface area contributed by atoms with Gasteiger partial charge in [0.05, 0.1) is 34.4 Å². The van der Waals surface area contributed by atoms with E-state index in [1.54, 1.807) is 0 Å². The lowest BCUT2D eigenvalue weighted by Crippen LogP contribution is -2.37. The average Bonchev–Trinajstić information content (AvgIpc) is 3.27. The van der Waals surface area contributed by atoms with Crippen LogP contribution in [-0.4, -0.2) is 70.7 Å². The topological polar surface area (TPSA) is 94.1 Å². The number of allylic oxidation sites excluding steroid dienone is 4. The van der Waals surface area contributed by atoms with Crippen LogP contribution in [0.2, 0.25) is 0 Å². The zero-order valence-electron chi connectivity index (χ0n) is 44.0. The Bertz CT molecular complexity index is 1090. The fraction of sp³-hybridized carbons (Fsp3) is 0.911. The van der Waals surface area contributed by atoms with Crippen molar-refractivity contribution in [2.24, 2.45) is 0 Å². The third-order valence-corrected chi connectivity index (χ3v) is 13.5. The van der Waals surface area contributed by atoms with E-state index in [9.17, 15) is 14.3 Å². The van der Waals surface area contributed by atoms with E-state index < -0.39 is 13.9 Å². The molecule has 0 aromatic carbocycles. The van der Waals surface area contributed by atoms with Crippen LogP contribution in [0.4, 0.5) is 0 Å². The number of phosphoric acid groups is 1. The predicted octanol–water partition coefficient (Wildman–Crippen LogP) is 16.9. The second kappa shape index (κ2) is 49.4. The summed E-state index contributed by atoms with van der Waals surface area (Å²) >= 11 is 0. The lowest BCUT2D eigenvalue weighted by molar-refractivity contribution is -0.870. The first-order chi connectivity index (χ1) is 31.6. The Morgan fingerprint density at radius 1 is 0.477 bits per heavy atom. The molecular weight excluding hydrogens is 830 g/mol. The number of unbranched alkanes of at least 4 members (excludes halogenated alkanes) is 35. The Morgan fingerprint density at radius 3 is 1.26 bits per heavy atom. The molecule has 0 aromatic heterocycles. The first-order valence-corrected chi connectivity index (χ1v) is 29.5. The molecule has 0 aliphatic carbocycles. The highest BCUT2D eigenvalue weighted by molar-refractivity contribution is 7.45. The van der Waals surface area contributed by atoms with Gasteiger partial charge in [-0.15, -0.1) is 0 Å². The van der Waals surface area contributed by atoms with Crippen LogP contribution in [0.5, 0.6) is 0 Å². The van der Waals surface area contributed by atoms with Gasteiger partial charge < -0.3 is 27.9 Å². The van der Waals surface area contributed by atoms with Gasteiger partial charge in [-0.1, -0.05) is 244 Å². The molecule has 0 rings (SSSR count). The molecule has 0 spiro atoms. The Hall–Kier alpha value is -1.02. The van der Waals surface area contributed by atoms with E-state index in [2.05, 4.69) is 38.2 Å². The van der Waals surface area contributed by atoms with E-state index >= 15 is 0 Å². The molecule has 65 heavy (non-hydrogen) atoms. The molecule has 9 heteroatoms. The van der Waals surface area contributed by atoms with Crippen LogP contribution in [-0.2, 0) is 27.9 Å². The summed E-state index contributed by atoms with van der Waals surface area (Å²) in [6.45, 7) is 5.44. The molecule has 0 aliphatic rings. The Labute approximate surface area is 404 Å². The zero-order valence-corrected chi connectivity index (χ0v) is 44.9. The van der Waals surface area contributed by atoms with Gasteiger partial charge in [0, 0.05) is 13.0 Å². The summed E-state index contributed by atoms with van der Waals surface area (Å²) in [4.78, 5) is 25.2. The van der Waals surface area contributed by atoms with Crippen LogP contribution < -0.4 is 4.89 Å². The lowest BCUT2D eigenvalue weighted by Gasteiger charge is -2.28. The molecule has 0 bridgehead atoms. The van der Waals surface area contributed by atoms with E-state index in [-0.39, 0.29) is 25.8 Å². The summed E-state index contributed by atoms with van der Waals surface area (Å²) in [5, 5.41) is 0. The quantitative estimate of drug-likeness (QED) is 0.0197. The number of esters is 1. The van der Waals surface area contributed by atoms with Crippen molar-refractivity contribution in [2.75, 3.05) is 54.1 Å². The van der Waals surface area contributed by atoms with Crippen molar-refractivity contribution in [1.29, 1.82) is 0 Å². The highest BCUT2D eigenvalue weighted by atomic mass is 31.2. The number of carbonyl (C=O) groups is 1. The van der Waals surface area contributed by atoms with E-state index in [1.165, 1.54) is 212 Å². The molecule has 2 unspecified atom stereocenters. The van der Waals surface area contributed by atoms with E-state index in [4.69, 9.17) is 18.5 Å². The number of ether oxygens (including phenoxy) is 2. The largest absolute Gasteiger partial charge is 0.756 e. The molecule has 0 radical (unpaired) electrons. The molecule has 2 atom stereocenters. The van der Waals surface area contributed by atoms with Gasteiger partial charge in [0.1, 0.15) is 19.3 Å². The minimum Gasteiger partial charge on any atom is -0.756 e. The van der Waals surface area contributed by atoms with Crippen molar-refractivity contribution in [3.63, 3.8) is 0 Å². The van der Waals surface area contributed by atoms with Gasteiger partial charge in [-0.2, -0.15) is 0 Å². The average molecular weight is 940 g/mol. The lowest BCUT2D eigenvalue weighted by atomic mass is 10.0. The number of likely N-dealkylation sites (N-methyl/N-ethyl adjacent to an activating group) is 1. The van der Waals surface area contributed by atoms with E-state index in [0.717, 1.165) is 38.5 Å². The second-order valence-corrected chi connectivity index (χ2v) is 21.7. The maximum Gasteiger partial charge on any atom is 0.306 e. The maximum atomic E-state index is 12.8. The van der Waals surface area contributed by atoms with Crippen molar-refractivity contribution in [1.82, 2.24) is 0 Å². The van der Waals surface area contributed by atoms with E-state index in [1.807, 2.05) is 21.1 Å². The summed E-state index contributed by atoms with van der Waals surface area (Å²) in [6, 6.07) is 0. The number of quaternary nitrogens is 1. The predicted molar refractivity (Wildman–Crippen MR) is 277 cm³/mol. The van der Waals surface area contributed by atoms with Gasteiger partial charge in [0.25, 0.3) is 7.82 Å². The number of carbonyl (C=O) groups excluding carboxylic acids is 1. The fourth-order valence-electron chi connectivity index (χ4n) is 8.17. The second-order valence-electron chi connectivity index (χ2n) is 20.3. The number of nitrogens with zero attached hydrogens (tertiary/aromatic N) is 1. The Morgan fingerprint density at radius 2 is 0.846 bits per heavy atom. The van der Waals surface area contributed by atoms with Crippen molar-refractivity contribution in [3.05, 3.63) is 24.3 Å². The molecule has 8 nitrogen and oxygen atoms in total. The summed E-state index contributed by atoms with van der Waals surface area (Å²) in [6.07, 6.45) is 59.3. The number of hydrogen-bond donors (Lipinski definition) is 0. The fourth-order valence-corrected chi connectivity index (χ4v) is 8.90. The molecule has 0 fully saturated rings. The monoisotopic (exact) mass is 940 g/mol. The van der Waals surface area contributed by atoms with Crippen molar-refractivity contribution in [2.45, 2.75) is 277 Å². The molecule has 0 N–H and O–H groups in total. The molecule has 386 valence electrons. The first kappa shape index (κ1) is 64.0. The minimum absolute atomic E-state index is 0.0273. The highest BCUT2D eigenvalue weighted by Crippen LogP contribution is 2.38. The Kier molecular flexibility index (Phi) is 48.6. The summed E-state index contributed by atoms with van der Waals surface area (Å²) < 4.78 is 34.8. The van der Waals surface area contributed by atoms with Gasteiger partial charge in [-0.05, 0) is 44.9 Å². The number of phosphoric ester groups is 1. The van der Waals surface area contributed by atoms with Gasteiger partial charge >= 0.3 is 5.97 Å². The van der Waals surface area contributed by atoms with Crippen molar-refractivity contribution in [3.8, 4) is 0 Å². The van der Waals surface area contributed by atoms with Crippen LogP contribution >= 0.6 is 7.82 Å². The molecule has 0 saturated carbocycles. The van der Waals surface area contributed by atoms with Crippen LogP contribution in [0, 0.1) is 0 Å². The summed E-state index contributed by atoms with van der Waals surface area (Å²) in [7, 11) is 1.37.